The predicted molar refractivity (Wildman–Crippen MR) is 167 cm³/mol. The highest BCUT2D eigenvalue weighted by Crippen LogP contribution is 2.35. The Morgan fingerprint density at radius 1 is 1.00 bits per heavy atom. The molecule has 3 rings (SSSR count). The summed E-state index contributed by atoms with van der Waals surface area (Å²) in [5.41, 5.74) is 7.54. The summed E-state index contributed by atoms with van der Waals surface area (Å²) in [6.45, 7) is 8.92. The number of amides is 1. The summed E-state index contributed by atoms with van der Waals surface area (Å²) in [7, 11) is 1.66. The molecule has 0 fully saturated rings. The third-order valence-corrected chi connectivity index (χ3v) is 7.65. The maximum Gasteiger partial charge on any atom is 0.220 e. The number of primary amides is 1. The Labute approximate surface area is 247 Å². The molecule has 40 heavy (non-hydrogen) atoms. The van der Waals surface area contributed by atoms with E-state index >= 15 is 0 Å². The topological polar surface area (TPSA) is 99.4 Å². The summed E-state index contributed by atoms with van der Waals surface area (Å²) >= 11 is 3.56. The maximum absolute atomic E-state index is 11.6. The number of carbonyl (C=O) groups is 1. The minimum Gasteiger partial charge on any atom is -0.493 e. The summed E-state index contributed by atoms with van der Waals surface area (Å²) in [6.07, 6.45) is 8.38. The average Bonchev–Trinajstić information content (AvgIpc) is 2.90. The lowest BCUT2D eigenvalue weighted by atomic mass is 9.91. The number of halogens is 1. The van der Waals surface area contributed by atoms with Crippen LogP contribution in [0.15, 0.2) is 40.9 Å². The van der Waals surface area contributed by atoms with Crippen LogP contribution in [-0.4, -0.2) is 29.6 Å². The van der Waals surface area contributed by atoms with Gasteiger partial charge in [0.25, 0.3) is 0 Å². The largest absolute Gasteiger partial charge is 0.493 e. The molecule has 218 valence electrons. The summed E-state index contributed by atoms with van der Waals surface area (Å²) in [6, 6.07) is 12.2. The molecule has 7 nitrogen and oxygen atoms in total. The number of nitrogens with zero attached hydrogens (tertiary/aromatic N) is 2. The van der Waals surface area contributed by atoms with Gasteiger partial charge in [0.15, 0.2) is 11.5 Å². The first-order chi connectivity index (χ1) is 19.2. The van der Waals surface area contributed by atoms with Crippen molar-refractivity contribution in [3.8, 4) is 11.5 Å². The van der Waals surface area contributed by atoms with Crippen molar-refractivity contribution in [3.05, 3.63) is 52.3 Å². The third-order valence-electron chi connectivity index (χ3n) is 7.16. The zero-order valence-corrected chi connectivity index (χ0v) is 26.2. The van der Waals surface area contributed by atoms with Crippen molar-refractivity contribution >= 4 is 38.6 Å². The van der Waals surface area contributed by atoms with Crippen LogP contribution in [0, 0.1) is 18.8 Å². The monoisotopic (exact) mass is 612 g/mol. The van der Waals surface area contributed by atoms with Crippen LogP contribution in [0.4, 0.5) is 5.82 Å². The van der Waals surface area contributed by atoms with Crippen LogP contribution in [0.1, 0.15) is 89.6 Å². The summed E-state index contributed by atoms with van der Waals surface area (Å²) in [5, 5.41) is 4.44. The summed E-state index contributed by atoms with van der Waals surface area (Å²) in [4.78, 5) is 21.0. The van der Waals surface area contributed by atoms with E-state index in [1.54, 1.807) is 7.11 Å². The van der Waals surface area contributed by atoms with Gasteiger partial charge >= 0.3 is 0 Å². The minimum absolute atomic E-state index is 0.0148. The molecule has 0 aliphatic heterocycles. The molecule has 0 saturated heterocycles. The van der Waals surface area contributed by atoms with E-state index in [4.69, 9.17) is 15.2 Å². The van der Waals surface area contributed by atoms with E-state index in [1.807, 2.05) is 31.2 Å². The quantitative estimate of drug-likeness (QED) is 0.149. The molecule has 0 aliphatic carbocycles. The van der Waals surface area contributed by atoms with Gasteiger partial charge in [0.05, 0.1) is 25.3 Å². The highest BCUT2D eigenvalue weighted by Gasteiger charge is 2.17. The third kappa shape index (κ3) is 9.65. The van der Waals surface area contributed by atoms with Gasteiger partial charge in [-0.2, -0.15) is 0 Å². The molecule has 1 heterocycles. The van der Waals surface area contributed by atoms with Gasteiger partial charge in [-0.15, -0.1) is 0 Å². The first-order valence-electron chi connectivity index (χ1n) is 14.5. The van der Waals surface area contributed by atoms with E-state index in [1.165, 1.54) is 0 Å². The number of rotatable bonds is 17. The number of ether oxygens (including phenoxy) is 2. The van der Waals surface area contributed by atoms with Crippen molar-refractivity contribution in [3.63, 3.8) is 0 Å². The van der Waals surface area contributed by atoms with Crippen LogP contribution in [0.5, 0.6) is 11.5 Å². The van der Waals surface area contributed by atoms with Crippen LogP contribution in [-0.2, 0) is 4.79 Å². The standard InChI is InChI=1S/C32H45BrN4O3/c1-21(2)17-25(31(34)38)13-10-8-6-7-9-11-16-40-30-20-28-27(19-29(30)39-5)32(37-23(4)36-28)35-22(3)24-14-12-15-26(33)18-24/h12,14-15,18-22,25H,6-11,13,16-17H2,1-5H3,(H2,34,38)(H,35,36,37)/t22-,25?/m1/s1. The number of hydrogen-bond acceptors (Lipinski definition) is 6. The van der Waals surface area contributed by atoms with Gasteiger partial charge < -0.3 is 20.5 Å². The Bertz CT molecular complexity index is 1250. The van der Waals surface area contributed by atoms with Crippen molar-refractivity contribution in [2.75, 3.05) is 19.0 Å². The fraction of sp³-hybridized carbons (Fsp3) is 0.531. The van der Waals surface area contributed by atoms with E-state index in [2.05, 4.69) is 64.1 Å². The molecule has 0 bridgehead atoms. The zero-order chi connectivity index (χ0) is 29.1. The molecular formula is C32H45BrN4O3. The molecule has 0 saturated carbocycles. The number of aryl methyl sites for hydroxylation is 1. The van der Waals surface area contributed by atoms with Gasteiger partial charge in [0.1, 0.15) is 11.6 Å². The van der Waals surface area contributed by atoms with Gasteiger partial charge in [0, 0.05) is 21.8 Å². The van der Waals surface area contributed by atoms with Gasteiger partial charge in [0.2, 0.25) is 5.91 Å². The van der Waals surface area contributed by atoms with Crippen molar-refractivity contribution < 1.29 is 14.3 Å². The molecular weight excluding hydrogens is 568 g/mol. The molecule has 2 aromatic carbocycles. The fourth-order valence-corrected chi connectivity index (χ4v) is 5.44. The number of benzene rings is 2. The van der Waals surface area contributed by atoms with Crippen molar-refractivity contribution in [2.45, 2.75) is 85.1 Å². The minimum atomic E-state index is -0.154. The van der Waals surface area contributed by atoms with Gasteiger partial charge in [-0.1, -0.05) is 74.0 Å². The Balaban J connectivity index is 1.52. The molecule has 8 heteroatoms. The second-order valence-electron chi connectivity index (χ2n) is 11.0. The molecule has 2 atom stereocenters. The van der Waals surface area contributed by atoms with E-state index < -0.39 is 0 Å². The smallest absolute Gasteiger partial charge is 0.220 e. The van der Waals surface area contributed by atoms with Crippen molar-refractivity contribution in [2.24, 2.45) is 17.6 Å². The number of nitrogens with two attached hydrogens (primary N) is 1. The molecule has 3 N–H and O–H groups in total. The first kappa shape index (κ1) is 31.7. The number of aromatic nitrogens is 2. The predicted octanol–water partition coefficient (Wildman–Crippen LogP) is 8.14. The van der Waals surface area contributed by atoms with Crippen molar-refractivity contribution in [1.29, 1.82) is 0 Å². The van der Waals surface area contributed by atoms with E-state index in [0.29, 0.717) is 29.8 Å². The van der Waals surface area contributed by atoms with Crippen LogP contribution in [0.25, 0.3) is 10.9 Å². The second-order valence-corrected chi connectivity index (χ2v) is 12.0. The number of methoxy groups -OCH3 is 1. The van der Waals surface area contributed by atoms with Crippen LogP contribution < -0.4 is 20.5 Å². The lowest BCUT2D eigenvalue weighted by Crippen LogP contribution is -2.24. The number of hydrogen-bond donors (Lipinski definition) is 2. The van der Waals surface area contributed by atoms with E-state index in [9.17, 15) is 4.79 Å². The number of carbonyl (C=O) groups excluding carboxylic acids is 1. The Morgan fingerprint density at radius 3 is 2.40 bits per heavy atom. The number of fused-ring (bicyclic) bond motifs is 1. The molecule has 0 spiro atoms. The normalized spacial score (nSPS) is 12.9. The lowest BCUT2D eigenvalue weighted by Gasteiger charge is -2.18. The number of anilines is 1. The van der Waals surface area contributed by atoms with Crippen molar-refractivity contribution in [1.82, 2.24) is 9.97 Å². The van der Waals surface area contributed by atoms with Gasteiger partial charge in [-0.25, -0.2) is 9.97 Å². The number of nitrogens with one attached hydrogen (secondary N) is 1. The molecule has 1 amide bonds. The highest BCUT2D eigenvalue weighted by atomic mass is 79.9. The Hall–Kier alpha value is -2.87. The van der Waals surface area contributed by atoms with Gasteiger partial charge in [-0.05, 0) is 62.8 Å². The zero-order valence-electron chi connectivity index (χ0n) is 24.6. The molecule has 1 aromatic heterocycles. The van der Waals surface area contributed by atoms with Crippen LogP contribution in [0.3, 0.4) is 0 Å². The Kier molecular flexibility index (Phi) is 12.5. The van der Waals surface area contributed by atoms with E-state index in [0.717, 1.165) is 78.1 Å². The second kappa shape index (κ2) is 15.8. The average molecular weight is 614 g/mol. The van der Waals surface area contributed by atoms with E-state index in [-0.39, 0.29) is 17.9 Å². The first-order valence-corrected chi connectivity index (χ1v) is 15.3. The van der Waals surface area contributed by atoms with Crippen LogP contribution in [0.2, 0.25) is 0 Å². The Morgan fingerprint density at radius 2 is 1.73 bits per heavy atom. The maximum atomic E-state index is 11.6. The SMILES string of the molecule is COc1cc2c(N[C@H](C)c3cccc(Br)c3)nc(C)nc2cc1OCCCCCCCCC(CC(C)C)C(N)=O. The molecule has 0 radical (unpaired) electrons. The molecule has 1 unspecified atom stereocenters. The summed E-state index contributed by atoms with van der Waals surface area (Å²) in [5.74, 6) is 3.19. The summed E-state index contributed by atoms with van der Waals surface area (Å²) < 4.78 is 12.9. The fourth-order valence-electron chi connectivity index (χ4n) is 5.03. The molecule has 3 aromatic rings. The lowest BCUT2D eigenvalue weighted by molar-refractivity contribution is -0.122. The van der Waals surface area contributed by atoms with Gasteiger partial charge in [-0.3, -0.25) is 4.79 Å². The van der Waals surface area contributed by atoms with Crippen LogP contribution >= 0.6 is 15.9 Å². The number of unbranched alkanes of at least 4 members (excludes halogenated alkanes) is 5. The molecule has 0 aliphatic rings. The highest BCUT2D eigenvalue weighted by molar-refractivity contribution is 9.10.